The maximum atomic E-state index is 16.2. The van der Waals surface area contributed by atoms with Crippen LogP contribution in [0.3, 0.4) is 0 Å². The molecule has 2 aromatic carbocycles. The van der Waals surface area contributed by atoms with Crippen molar-refractivity contribution in [3.05, 3.63) is 56.8 Å². The van der Waals surface area contributed by atoms with E-state index in [1.165, 1.54) is 12.1 Å². The number of halogens is 3. The van der Waals surface area contributed by atoms with Gasteiger partial charge in [0.15, 0.2) is 11.6 Å². The fourth-order valence-electron chi connectivity index (χ4n) is 4.30. The Balaban J connectivity index is 1.89. The van der Waals surface area contributed by atoms with E-state index < -0.39 is 17.2 Å². The Kier molecular flexibility index (Phi) is 4.22. The maximum Gasteiger partial charge on any atom is 0.162 e. The van der Waals surface area contributed by atoms with Crippen LogP contribution in [0.5, 0.6) is 0 Å². The smallest absolute Gasteiger partial charge is 0.162 e. The van der Waals surface area contributed by atoms with Crippen molar-refractivity contribution < 1.29 is 8.78 Å². The van der Waals surface area contributed by atoms with Crippen molar-refractivity contribution in [3.8, 4) is 16.8 Å². The van der Waals surface area contributed by atoms with Gasteiger partial charge in [0.25, 0.3) is 0 Å². The standard InChI is InChI=1S/C22H20F2IN5/c1-5-11-6-13(14-7-12(23)8-15-16(25)9-26-19(14)15)17(24)20-18(11)27-22(3,4)21-29-28-10(2)30(20)21/h6-9,26-27H,5H2,1-4H3. The highest BCUT2D eigenvalue weighted by Crippen LogP contribution is 2.44. The summed E-state index contributed by atoms with van der Waals surface area (Å²) in [5.41, 5.74) is 3.13. The third-order valence-corrected chi connectivity index (χ3v) is 6.63. The molecule has 8 heteroatoms. The number of nitrogens with one attached hydrogen (secondary N) is 2. The Morgan fingerprint density at radius 3 is 2.63 bits per heavy atom. The van der Waals surface area contributed by atoms with E-state index in [4.69, 9.17) is 0 Å². The first-order chi connectivity index (χ1) is 14.2. The molecule has 2 N–H and O–H groups in total. The number of H-pyrrole nitrogens is 1. The number of anilines is 1. The molecular weight excluding hydrogens is 499 g/mol. The minimum Gasteiger partial charge on any atom is -0.371 e. The molecule has 0 amide bonds. The van der Waals surface area contributed by atoms with E-state index in [-0.39, 0.29) is 0 Å². The fraction of sp³-hybridized carbons (Fsp3) is 0.273. The molecule has 1 aliphatic rings. The van der Waals surface area contributed by atoms with Crippen molar-refractivity contribution in [2.45, 2.75) is 39.7 Å². The molecule has 0 aliphatic carbocycles. The van der Waals surface area contributed by atoms with Crippen LogP contribution in [0.4, 0.5) is 14.5 Å². The zero-order valence-corrected chi connectivity index (χ0v) is 19.1. The minimum absolute atomic E-state index is 0.355. The number of aryl methyl sites for hydroxylation is 2. The number of hydrogen-bond acceptors (Lipinski definition) is 3. The zero-order valence-electron chi connectivity index (χ0n) is 17.0. The van der Waals surface area contributed by atoms with Gasteiger partial charge in [-0.25, -0.2) is 8.78 Å². The molecule has 1 aliphatic heterocycles. The molecule has 5 nitrogen and oxygen atoms in total. The Labute approximate surface area is 186 Å². The summed E-state index contributed by atoms with van der Waals surface area (Å²) in [5, 5.41) is 12.7. The largest absolute Gasteiger partial charge is 0.371 e. The number of benzene rings is 2. The third kappa shape index (κ3) is 2.62. The molecule has 0 atom stereocenters. The van der Waals surface area contributed by atoms with Gasteiger partial charge in [0.1, 0.15) is 17.3 Å². The molecule has 4 aromatic rings. The average molecular weight is 519 g/mol. The number of rotatable bonds is 2. The second kappa shape index (κ2) is 6.50. The summed E-state index contributed by atoms with van der Waals surface area (Å²) in [5.74, 6) is 0.429. The predicted molar refractivity (Wildman–Crippen MR) is 122 cm³/mol. The summed E-state index contributed by atoms with van der Waals surface area (Å²) in [4.78, 5) is 3.18. The molecule has 154 valence electrons. The Hall–Kier alpha value is -2.49. The maximum absolute atomic E-state index is 16.2. The molecule has 0 saturated heterocycles. The van der Waals surface area contributed by atoms with Crippen LogP contribution in [0.1, 0.15) is 38.0 Å². The van der Waals surface area contributed by atoms with Gasteiger partial charge < -0.3 is 10.3 Å². The molecule has 0 fully saturated rings. The Morgan fingerprint density at radius 2 is 1.90 bits per heavy atom. The van der Waals surface area contributed by atoms with Crippen molar-refractivity contribution in [2.75, 3.05) is 5.32 Å². The minimum atomic E-state index is -0.506. The van der Waals surface area contributed by atoms with E-state index in [2.05, 4.69) is 43.1 Å². The first-order valence-electron chi connectivity index (χ1n) is 9.76. The van der Waals surface area contributed by atoms with Crippen molar-refractivity contribution >= 4 is 39.2 Å². The van der Waals surface area contributed by atoms with Crippen LogP contribution in [0, 0.1) is 22.1 Å². The van der Waals surface area contributed by atoms with Crippen molar-refractivity contribution in [1.82, 2.24) is 19.7 Å². The molecule has 0 radical (unpaired) electrons. The summed E-state index contributed by atoms with van der Waals surface area (Å²) in [6.07, 6.45) is 2.49. The van der Waals surface area contributed by atoms with Crippen LogP contribution >= 0.6 is 22.6 Å². The monoisotopic (exact) mass is 519 g/mol. The van der Waals surface area contributed by atoms with Gasteiger partial charge in [-0.2, -0.15) is 0 Å². The van der Waals surface area contributed by atoms with Crippen LogP contribution < -0.4 is 5.32 Å². The SMILES string of the molecule is CCc1cc(-c2cc(F)cc3c(I)c[nH]c23)c(F)c2c1NC(C)(C)c1nnc(C)n1-2. The lowest BCUT2D eigenvalue weighted by atomic mass is 9.92. The average Bonchev–Trinajstić information content (AvgIpc) is 3.25. The Morgan fingerprint density at radius 1 is 1.13 bits per heavy atom. The van der Waals surface area contributed by atoms with E-state index in [0.717, 1.165) is 20.2 Å². The second-order valence-electron chi connectivity index (χ2n) is 8.14. The quantitative estimate of drug-likeness (QED) is 0.328. The van der Waals surface area contributed by atoms with E-state index >= 15 is 4.39 Å². The van der Waals surface area contributed by atoms with Gasteiger partial charge in [-0.3, -0.25) is 4.57 Å². The summed E-state index contributed by atoms with van der Waals surface area (Å²) < 4.78 is 33.3. The van der Waals surface area contributed by atoms with Gasteiger partial charge in [0.2, 0.25) is 0 Å². The van der Waals surface area contributed by atoms with Crippen molar-refractivity contribution in [3.63, 3.8) is 0 Å². The molecule has 0 bridgehead atoms. The number of fused-ring (bicyclic) bond motifs is 4. The van der Waals surface area contributed by atoms with Crippen molar-refractivity contribution in [1.29, 1.82) is 0 Å². The fourth-order valence-corrected chi connectivity index (χ4v) is 4.88. The number of aromatic nitrogens is 4. The summed E-state index contributed by atoms with van der Waals surface area (Å²) in [7, 11) is 0. The van der Waals surface area contributed by atoms with E-state index in [1.807, 2.05) is 33.8 Å². The van der Waals surface area contributed by atoms with E-state index in [0.29, 0.717) is 40.4 Å². The molecule has 2 aromatic heterocycles. The lowest BCUT2D eigenvalue weighted by Gasteiger charge is -2.35. The summed E-state index contributed by atoms with van der Waals surface area (Å²) in [6, 6.07) is 4.68. The number of hydrogen-bond donors (Lipinski definition) is 2. The molecule has 0 unspecified atom stereocenters. The lowest BCUT2D eigenvalue weighted by Crippen LogP contribution is -2.37. The third-order valence-electron chi connectivity index (χ3n) is 5.74. The van der Waals surface area contributed by atoms with E-state index in [1.54, 1.807) is 10.8 Å². The van der Waals surface area contributed by atoms with Gasteiger partial charge >= 0.3 is 0 Å². The van der Waals surface area contributed by atoms with Crippen LogP contribution in [0.15, 0.2) is 24.4 Å². The normalized spacial score (nSPS) is 14.5. The molecule has 0 saturated carbocycles. The van der Waals surface area contributed by atoms with Crippen LogP contribution in [-0.4, -0.2) is 19.7 Å². The highest BCUT2D eigenvalue weighted by molar-refractivity contribution is 14.1. The van der Waals surface area contributed by atoms with Gasteiger partial charge in [-0.1, -0.05) is 6.92 Å². The van der Waals surface area contributed by atoms with Gasteiger partial charge in [-0.15, -0.1) is 10.2 Å². The summed E-state index contributed by atoms with van der Waals surface area (Å²) >= 11 is 2.15. The first-order valence-corrected chi connectivity index (χ1v) is 10.8. The number of aromatic amines is 1. The van der Waals surface area contributed by atoms with Crippen molar-refractivity contribution in [2.24, 2.45) is 0 Å². The topological polar surface area (TPSA) is 58.5 Å². The first kappa shape index (κ1) is 19.5. The molecule has 0 spiro atoms. The van der Waals surface area contributed by atoms with Crippen LogP contribution in [-0.2, 0) is 12.0 Å². The van der Waals surface area contributed by atoms with Gasteiger partial charge in [-0.05, 0) is 73.5 Å². The van der Waals surface area contributed by atoms with Gasteiger partial charge in [0, 0.05) is 26.3 Å². The van der Waals surface area contributed by atoms with Gasteiger partial charge in [0.05, 0.1) is 16.7 Å². The molecule has 5 rings (SSSR count). The second-order valence-corrected chi connectivity index (χ2v) is 9.31. The Bertz CT molecular complexity index is 1340. The lowest BCUT2D eigenvalue weighted by molar-refractivity contribution is 0.521. The van der Waals surface area contributed by atoms with E-state index in [9.17, 15) is 4.39 Å². The molecule has 3 heterocycles. The molecular formula is C22H20F2IN5. The highest BCUT2D eigenvalue weighted by Gasteiger charge is 2.37. The number of nitrogens with zero attached hydrogens (tertiary/aromatic N) is 3. The van der Waals surface area contributed by atoms with Crippen LogP contribution in [0.2, 0.25) is 0 Å². The predicted octanol–water partition coefficient (Wildman–Crippen LogP) is 5.83. The van der Waals surface area contributed by atoms with Crippen LogP contribution in [0.25, 0.3) is 27.7 Å². The zero-order chi connectivity index (χ0) is 21.4. The summed E-state index contributed by atoms with van der Waals surface area (Å²) in [6.45, 7) is 7.84. The molecule has 30 heavy (non-hydrogen) atoms. The highest BCUT2D eigenvalue weighted by atomic mass is 127.